The third-order valence-corrected chi connectivity index (χ3v) is 3.34. The molecule has 1 nitrogen and oxygen atoms in total. The molecule has 0 radical (unpaired) electrons. The monoisotopic (exact) mass is 273 g/mol. The van der Waals surface area contributed by atoms with E-state index in [1.54, 1.807) is 0 Å². The molecule has 2 rings (SSSR count). The second-order valence-electron chi connectivity index (χ2n) is 5.26. The van der Waals surface area contributed by atoms with E-state index in [2.05, 4.69) is 31.2 Å². The molecule has 0 saturated heterocycles. The molecule has 0 saturated carbocycles. The third kappa shape index (κ3) is 3.43. The van der Waals surface area contributed by atoms with Gasteiger partial charge in [0.2, 0.25) is 0 Å². The minimum atomic E-state index is 0.674. The predicted molar refractivity (Wildman–Crippen MR) is 92.6 cm³/mol. The Morgan fingerprint density at radius 1 is 1.29 bits per heavy atom. The predicted octanol–water partition coefficient (Wildman–Crippen LogP) is 4.65. The Bertz CT molecular complexity index is 734. The van der Waals surface area contributed by atoms with Crippen molar-refractivity contribution >= 4 is 11.3 Å². The summed E-state index contributed by atoms with van der Waals surface area (Å²) in [5.41, 5.74) is 12.6. The van der Waals surface area contributed by atoms with Gasteiger partial charge in [0.1, 0.15) is 0 Å². The van der Waals surface area contributed by atoms with Crippen LogP contribution >= 0.6 is 0 Å². The normalized spacial score (nSPS) is 14.0. The highest BCUT2D eigenvalue weighted by Gasteiger charge is 2.08. The Kier molecular flexibility index (Phi) is 4.30. The molecule has 1 aliphatic rings. The lowest BCUT2D eigenvalue weighted by molar-refractivity contribution is 1.14. The van der Waals surface area contributed by atoms with Crippen LogP contribution in [0.4, 0.5) is 5.69 Å². The number of nitrogens with two attached hydrogens (primary N) is 1. The van der Waals surface area contributed by atoms with Gasteiger partial charge in [-0.3, -0.25) is 0 Å². The van der Waals surface area contributed by atoms with Gasteiger partial charge in [-0.1, -0.05) is 55.0 Å². The van der Waals surface area contributed by atoms with Crippen molar-refractivity contribution in [1.82, 2.24) is 0 Å². The van der Waals surface area contributed by atoms with Gasteiger partial charge in [-0.05, 0) is 47.8 Å². The molecule has 2 N–H and O–H groups in total. The van der Waals surface area contributed by atoms with Crippen LogP contribution in [-0.2, 0) is 0 Å². The number of hydrogen-bond acceptors (Lipinski definition) is 1. The Morgan fingerprint density at radius 3 is 2.71 bits per heavy atom. The summed E-state index contributed by atoms with van der Waals surface area (Å²) < 4.78 is 0. The largest absolute Gasteiger partial charge is 0.399 e. The van der Waals surface area contributed by atoms with E-state index in [0.717, 1.165) is 34.3 Å². The number of hydrogen-bond donors (Lipinski definition) is 1. The number of benzene rings is 1. The molecule has 0 amide bonds. The van der Waals surface area contributed by atoms with Crippen molar-refractivity contribution in [2.75, 3.05) is 5.73 Å². The van der Waals surface area contributed by atoms with Gasteiger partial charge in [-0.15, -0.1) is 6.42 Å². The van der Waals surface area contributed by atoms with E-state index in [4.69, 9.17) is 12.2 Å². The summed E-state index contributed by atoms with van der Waals surface area (Å²) in [6.45, 7) is 10.1. The summed E-state index contributed by atoms with van der Waals surface area (Å²) in [5, 5.41) is 0. The highest BCUT2D eigenvalue weighted by molar-refractivity contribution is 5.81. The number of anilines is 1. The molecule has 0 bridgehead atoms. The fourth-order valence-electron chi connectivity index (χ4n) is 2.26. The quantitative estimate of drug-likeness (QED) is 0.484. The zero-order chi connectivity index (χ0) is 15.4. The summed E-state index contributed by atoms with van der Waals surface area (Å²) in [5.74, 6) is 2.70. The molecule has 0 spiro atoms. The van der Waals surface area contributed by atoms with E-state index in [0.29, 0.717) is 5.69 Å². The molecule has 21 heavy (non-hydrogen) atoms. The zero-order valence-electron chi connectivity index (χ0n) is 12.3. The standard InChI is InChI=1S/C20H19N/c1-5-16-13-19(21)10-11-20(16)17-7-6-15(4)18(9-8-17)12-14(2)3/h1,6-11,13H,2,4,12,21H2,3H3. The van der Waals surface area contributed by atoms with E-state index in [1.807, 2.05) is 37.3 Å². The van der Waals surface area contributed by atoms with Crippen molar-refractivity contribution in [3.63, 3.8) is 0 Å². The summed E-state index contributed by atoms with van der Waals surface area (Å²) in [7, 11) is 0. The van der Waals surface area contributed by atoms with Crippen LogP contribution in [0.3, 0.4) is 0 Å². The van der Waals surface area contributed by atoms with E-state index in [1.165, 1.54) is 5.57 Å². The molecule has 1 heteroatoms. The minimum Gasteiger partial charge on any atom is -0.399 e. The molecule has 0 aliphatic heterocycles. The lowest BCUT2D eigenvalue weighted by Gasteiger charge is -2.06. The third-order valence-electron chi connectivity index (χ3n) is 3.34. The first kappa shape index (κ1) is 14.7. The number of terminal acetylenes is 1. The SMILES string of the molecule is C#Cc1cc(N)ccc1C1=CC=C(CC(=C)C)C(=C)C=C1. The Balaban J connectivity index is 2.46. The molecule has 0 unspecified atom stereocenters. The average Bonchev–Trinajstić information content (AvgIpc) is 2.61. The van der Waals surface area contributed by atoms with Gasteiger partial charge < -0.3 is 5.73 Å². The highest BCUT2D eigenvalue weighted by atomic mass is 14.5. The van der Waals surface area contributed by atoms with Crippen LogP contribution in [0.5, 0.6) is 0 Å². The Labute approximate surface area is 126 Å². The maximum absolute atomic E-state index is 5.79. The number of nitrogen functional groups attached to an aromatic ring is 1. The van der Waals surface area contributed by atoms with E-state index < -0.39 is 0 Å². The van der Waals surface area contributed by atoms with Crippen LogP contribution in [0.15, 0.2) is 72.4 Å². The van der Waals surface area contributed by atoms with Crippen LogP contribution in [0, 0.1) is 12.3 Å². The number of allylic oxidation sites excluding steroid dienone is 8. The van der Waals surface area contributed by atoms with Gasteiger partial charge in [0.15, 0.2) is 0 Å². The lowest BCUT2D eigenvalue weighted by atomic mass is 9.99. The second kappa shape index (κ2) is 6.15. The Morgan fingerprint density at radius 2 is 2.05 bits per heavy atom. The van der Waals surface area contributed by atoms with Gasteiger partial charge in [0.25, 0.3) is 0 Å². The molecular weight excluding hydrogens is 254 g/mol. The van der Waals surface area contributed by atoms with Gasteiger partial charge >= 0.3 is 0 Å². The van der Waals surface area contributed by atoms with Crippen molar-refractivity contribution in [1.29, 1.82) is 0 Å². The fourth-order valence-corrected chi connectivity index (χ4v) is 2.26. The minimum absolute atomic E-state index is 0.674. The summed E-state index contributed by atoms with van der Waals surface area (Å²) >= 11 is 0. The van der Waals surface area contributed by atoms with E-state index in [9.17, 15) is 0 Å². The number of rotatable bonds is 3. The second-order valence-corrected chi connectivity index (χ2v) is 5.26. The molecule has 0 heterocycles. The van der Waals surface area contributed by atoms with Crippen molar-refractivity contribution in [2.45, 2.75) is 13.3 Å². The molecule has 1 aliphatic carbocycles. The molecule has 0 atom stereocenters. The smallest absolute Gasteiger partial charge is 0.0341 e. The van der Waals surface area contributed by atoms with Crippen LogP contribution < -0.4 is 5.73 Å². The van der Waals surface area contributed by atoms with Crippen molar-refractivity contribution < 1.29 is 0 Å². The van der Waals surface area contributed by atoms with Crippen molar-refractivity contribution in [3.05, 3.63) is 83.5 Å². The maximum atomic E-state index is 5.79. The molecule has 0 fully saturated rings. The molecular formula is C20H19N. The van der Waals surface area contributed by atoms with Crippen molar-refractivity contribution in [3.8, 4) is 12.3 Å². The van der Waals surface area contributed by atoms with Gasteiger partial charge in [0.05, 0.1) is 0 Å². The molecule has 104 valence electrons. The molecule has 0 aromatic heterocycles. The first-order valence-electron chi connectivity index (χ1n) is 6.80. The zero-order valence-corrected chi connectivity index (χ0v) is 12.3. The molecule has 1 aromatic carbocycles. The van der Waals surface area contributed by atoms with E-state index in [-0.39, 0.29) is 0 Å². The van der Waals surface area contributed by atoms with E-state index >= 15 is 0 Å². The summed E-state index contributed by atoms with van der Waals surface area (Å²) in [6.07, 6.45) is 14.6. The maximum Gasteiger partial charge on any atom is 0.0341 e. The van der Waals surface area contributed by atoms with Crippen LogP contribution in [0.2, 0.25) is 0 Å². The average molecular weight is 273 g/mol. The van der Waals surface area contributed by atoms with Crippen molar-refractivity contribution in [2.24, 2.45) is 0 Å². The first-order chi connectivity index (χ1) is 10.0. The fraction of sp³-hybridized carbons (Fsp3) is 0.100. The van der Waals surface area contributed by atoms with Crippen LogP contribution in [0.25, 0.3) is 5.57 Å². The molecule has 1 aromatic rings. The first-order valence-corrected chi connectivity index (χ1v) is 6.80. The van der Waals surface area contributed by atoms with Crippen LogP contribution in [-0.4, -0.2) is 0 Å². The van der Waals surface area contributed by atoms with Gasteiger partial charge in [0, 0.05) is 11.3 Å². The highest BCUT2D eigenvalue weighted by Crippen LogP contribution is 2.28. The van der Waals surface area contributed by atoms with Crippen LogP contribution in [0.1, 0.15) is 24.5 Å². The summed E-state index contributed by atoms with van der Waals surface area (Å²) in [4.78, 5) is 0. The summed E-state index contributed by atoms with van der Waals surface area (Å²) in [6, 6.07) is 5.65. The van der Waals surface area contributed by atoms with Gasteiger partial charge in [-0.25, -0.2) is 0 Å². The Hall–Kier alpha value is -2.72. The topological polar surface area (TPSA) is 26.0 Å². The lowest BCUT2D eigenvalue weighted by Crippen LogP contribution is -1.91. The van der Waals surface area contributed by atoms with Gasteiger partial charge in [-0.2, -0.15) is 0 Å².